The van der Waals surface area contributed by atoms with Gasteiger partial charge >= 0.3 is 5.97 Å². The number of aliphatic carboxylic acids is 1. The molecule has 21 heavy (non-hydrogen) atoms. The summed E-state index contributed by atoms with van der Waals surface area (Å²) in [6.45, 7) is 0. The lowest BCUT2D eigenvalue weighted by molar-refractivity contribution is -0.139. The molecule has 0 aliphatic carbocycles. The fourth-order valence-electron chi connectivity index (χ4n) is 1.65. The summed E-state index contributed by atoms with van der Waals surface area (Å²) in [6.07, 6.45) is 2.85. The fraction of sp³-hybridized carbons (Fsp3) is 0.167. The summed E-state index contributed by atoms with van der Waals surface area (Å²) in [7, 11) is 1.64. The van der Waals surface area contributed by atoms with Gasteiger partial charge in [0.05, 0.1) is 11.2 Å². The van der Waals surface area contributed by atoms with Gasteiger partial charge in [-0.1, -0.05) is 23.2 Å². The lowest BCUT2D eigenvalue weighted by atomic mass is 10.1. The molecule has 0 bridgehead atoms. The van der Waals surface area contributed by atoms with Crippen molar-refractivity contribution in [3.8, 4) is 0 Å². The Labute approximate surface area is 129 Å². The Hall–Kier alpha value is -2.12. The number of carbonyl (C=O) groups is 2. The maximum Gasteiger partial charge on any atom is 0.331 e. The van der Waals surface area contributed by atoms with Crippen molar-refractivity contribution in [1.29, 1.82) is 0 Å². The minimum absolute atomic E-state index is 0.0761. The molecule has 110 valence electrons. The molecule has 0 saturated heterocycles. The SMILES string of the molecule is Cn1cc(C(NC(=O)c2nc(Cl)ccc2Cl)C(=O)O)cn1. The minimum atomic E-state index is -1.26. The number of nitrogens with one attached hydrogen (secondary N) is 1. The number of hydrogen-bond acceptors (Lipinski definition) is 4. The fourth-order valence-corrected chi connectivity index (χ4v) is 1.99. The summed E-state index contributed by atoms with van der Waals surface area (Å²) < 4.78 is 1.43. The summed E-state index contributed by atoms with van der Waals surface area (Å²) in [5, 5.41) is 15.6. The summed E-state index contributed by atoms with van der Waals surface area (Å²) in [6, 6.07) is 1.57. The van der Waals surface area contributed by atoms with E-state index in [1.165, 1.54) is 29.2 Å². The summed E-state index contributed by atoms with van der Waals surface area (Å²) in [5.74, 6) is -1.96. The highest BCUT2D eigenvalue weighted by Crippen LogP contribution is 2.19. The van der Waals surface area contributed by atoms with Crippen LogP contribution in [0.2, 0.25) is 10.2 Å². The number of halogens is 2. The van der Waals surface area contributed by atoms with Gasteiger partial charge in [-0.05, 0) is 12.1 Å². The zero-order valence-electron chi connectivity index (χ0n) is 10.7. The molecule has 0 aliphatic rings. The molecule has 0 aromatic carbocycles. The van der Waals surface area contributed by atoms with Crippen molar-refractivity contribution < 1.29 is 14.7 Å². The second kappa shape index (κ2) is 6.11. The van der Waals surface area contributed by atoms with Crippen LogP contribution in [0.3, 0.4) is 0 Å². The quantitative estimate of drug-likeness (QED) is 0.832. The third-order valence-corrected chi connectivity index (χ3v) is 3.12. The molecule has 1 unspecified atom stereocenters. The third-order valence-electron chi connectivity index (χ3n) is 2.61. The standard InChI is InChI=1S/C12H10Cl2N4O3/c1-18-5-6(4-15-18)9(12(20)21)17-11(19)10-7(13)2-3-8(14)16-10/h2-5,9H,1H3,(H,17,19)(H,20,21). The molecule has 2 N–H and O–H groups in total. The Balaban J connectivity index is 2.27. The van der Waals surface area contributed by atoms with Crippen LogP contribution in [-0.4, -0.2) is 31.7 Å². The number of carbonyl (C=O) groups excluding carboxylic acids is 1. The molecule has 2 aromatic rings. The van der Waals surface area contributed by atoms with Crippen LogP contribution in [0, 0.1) is 0 Å². The van der Waals surface area contributed by atoms with Crippen molar-refractivity contribution in [1.82, 2.24) is 20.1 Å². The molecular weight excluding hydrogens is 319 g/mol. The Bertz CT molecular complexity index is 702. The smallest absolute Gasteiger partial charge is 0.331 e. The van der Waals surface area contributed by atoms with E-state index in [2.05, 4.69) is 15.4 Å². The average molecular weight is 329 g/mol. The second-order valence-corrected chi connectivity index (χ2v) is 4.95. The molecule has 1 atom stereocenters. The molecule has 0 saturated carbocycles. The molecule has 0 aliphatic heterocycles. The first-order valence-electron chi connectivity index (χ1n) is 5.72. The van der Waals surface area contributed by atoms with Crippen LogP contribution >= 0.6 is 23.2 Å². The number of carboxylic acids is 1. The summed E-state index contributed by atoms with van der Waals surface area (Å²) in [4.78, 5) is 27.2. The van der Waals surface area contributed by atoms with Crippen molar-refractivity contribution in [2.75, 3.05) is 0 Å². The summed E-state index contributed by atoms with van der Waals surface area (Å²) in [5.41, 5.74) is 0.191. The lowest BCUT2D eigenvalue weighted by Crippen LogP contribution is -2.34. The predicted molar refractivity (Wildman–Crippen MR) is 75.3 cm³/mol. The number of pyridine rings is 1. The Morgan fingerprint density at radius 3 is 2.67 bits per heavy atom. The first-order valence-corrected chi connectivity index (χ1v) is 6.48. The van der Waals surface area contributed by atoms with Crippen molar-refractivity contribution in [2.45, 2.75) is 6.04 Å². The highest BCUT2D eigenvalue weighted by Gasteiger charge is 2.25. The van der Waals surface area contributed by atoms with E-state index in [0.29, 0.717) is 5.56 Å². The third kappa shape index (κ3) is 3.50. The van der Waals surface area contributed by atoms with Crippen LogP contribution in [0.5, 0.6) is 0 Å². The average Bonchev–Trinajstić information content (AvgIpc) is 2.84. The van der Waals surface area contributed by atoms with E-state index in [0.717, 1.165) is 0 Å². The van der Waals surface area contributed by atoms with Gasteiger partial charge in [-0.25, -0.2) is 9.78 Å². The zero-order valence-corrected chi connectivity index (χ0v) is 12.3. The number of amides is 1. The van der Waals surface area contributed by atoms with Gasteiger partial charge in [0.2, 0.25) is 0 Å². The largest absolute Gasteiger partial charge is 0.479 e. The Morgan fingerprint density at radius 1 is 1.38 bits per heavy atom. The van der Waals surface area contributed by atoms with Gasteiger partial charge in [0, 0.05) is 18.8 Å². The van der Waals surface area contributed by atoms with E-state index < -0.39 is 17.9 Å². The minimum Gasteiger partial charge on any atom is -0.479 e. The van der Waals surface area contributed by atoms with Crippen molar-refractivity contribution >= 4 is 35.1 Å². The van der Waals surface area contributed by atoms with Crippen LogP contribution in [0.4, 0.5) is 0 Å². The van der Waals surface area contributed by atoms with Crippen molar-refractivity contribution in [2.24, 2.45) is 7.05 Å². The number of hydrogen-bond donors (Lipinski definition) is 2. The topological polar surface area (TPSA) is 97.1 Å². The lowest BCUT2D eigenvalue weighted by Gasteiger charge is -2.13. The second-order valence-electron chi connectivity index (χ2n) is 4.16. The molecule has 2 heterocycles. The van der Waals surface area contributed by atoms with Crippen LogP contribution in [0.1, 0.15) is 22.1 Å². The van der Waals surface area contributed by atoms with Gasteiger partial charge in [0.25, 0.3) is 5.91 Å². The first-order chi connectivity index (χ1) is 9.88. The molecule has 2 aromatic heterocycles. The van der Waals surface area contributed by atoms with Crippen LogP contribution < -0.4 is 5.32 Å². The van der Waals surface area contributed by atoms with E-state index in [-0.39, 0.29) is 15.9 Å². The highest BCUT2D eigenvalue weighted by molar-refractivity contribution is 6.34. The molecule has 7 nitrogen and oxygen atoms in total. The molecule has 1 amide bonds. The highest BCUT2D eigenvalue weighted by atomic mass is 35.5. The van der Waals surface area contributed by atoms with Gasteiger partial charge in [-0.2, -0.15) is 5.10 Å². The van der Waals surface area contributed by atoms with E-state index in [4.69, 9.17) is 23.2 Å². The number of aryl methyl sites for hydroxylation is 1. The van der Waals surface area contributed by atoms with Gasteiger partial charge in [0.15, 0.2) is 6.04 Å². The normalized spacial score (nSPS) is 12.0. The van der Waals surface area contributed by atoms with E-state index in [9.17, 15) is 14.7 Å². The van der Waals surface area contributed by atoms with Crippen molar-refractivity contribution in [3.63, 3.8) is 0 Å². The zero-order chi connectivity index (χ0) is 15.6. The van der Waals surface area contributed by atoms with Gasteiger partial charge in [0.1, 0.15) is 10.8 Å². The summed E-state index contributed by atoms with van der Waals surface area (Å²) >= 11 is 11.6. The molecule has 0 spiro atoms. The van der Waals surface area contributed by atoms with Crippen LogP contribution in [0.15, 0.2) is 24.5 Å². The maximum atomic E-state index is 12.1. The number of aromatic nitrogens is 3. The molecule has 0 radical (unpaired) electrons. The molecular formula is C12H10Cl2N4O3. The van der Waals surface area contributed by atoms with E-state index in [1.54, 1.807) is 7.05 Å². The molecule has 0 fully saturated rings. The van der Waals surface area contributed by atoms with Gasteiger partial charge < -0.3 is 10.4 Å². The number of carboxylic acid groups (broad SMARTS) is 1. The van der Waals surface area contributed by atoms with Gasteiger partial charge in [-0.15, -0.1) is 0 Å². The maximum absolute atomic E-state index is 12.1. The number of nitrogens with zero attached hydrogens (tertiary/aromatic N) is 3. The molecule has 9 heteroatoms. The van der Waals surface area contributed by atoms with Crippen LogP contribution in [0.25, 0.3) is 0 Å². The van der Waals surface area contributed by atoms with E-state index in [1.807, 2.05) is 0 Å². The first kappa shape index (κ1) is 15.3. The Kier molecular flexibility index (Phi) is 4.44. The van der Waals surface area contributed by atoms with Gasteiger partial charge in [-0.3, -0.25) is 9.48 Å². The van der Waals surface area contributed by atoms with Crippen molar-refractivity contribution in [3.05, 3.63) is 46.0 Å². The molecule has 2 rings (SSSR count). The number of rotatable bonds is 4. The Morgan fingerprint density at radius 2 is 2.10 bits per heavy atom. The monoisotopic (exact) mass is 328 g/mol. The van der Waals surface area contributed by atoms with E-state index >= 15 is 0 Å². The van der Waals surface area contributed by atoms with Crippen LogP contribution in [-0.2, 0) is 11.8 Å². The predicted octanol–water partition coefficient (Wildman–Crippen LogP) is 1.68.